The van der Waals surface area contributed by atoms with Crippen molar-refractivity contribution < 1.29 is 9.26 Å². The normalized spacial score (nSPS) is 9.12. The van der Waals surface area contributed by atoms with Crippen LogP contribution in [-0.4, -0.2) is 17.3 Å². The van der Waals surface area contributed by atoms with Crippen LogP contribution in [-0.2, 0) is 0 Å². The van der Waals surface area contributed by atoms with Crippen molar-refractivity contribution in [2.75, 3.05) is 7.11 Å². The van der Waals surface area contributed by atoms with E-state index in [4.69, 9.17) is 0 Å². The van der Waals surface area contributed by atoms with E-state index in [-0.39, 0.29) is 6.01 Å². The highest BCUT2D eigenvalue weighted by Gasteiger charge is 1.94. The number of H-pyrrole nitrogens is 1. The van der Waals surface area contributed by atoms with Gasteiger partial charge in [0, 0.05) is 0 Å². The molecule has 0 aromatic carbocycles. The summed E-state index contributed by atoms with van der Waals surface area (Å²) in [4.78, 5) is 12.3. The number of nitrogens with one attached hydrogen (secondary N) is 1. The van der Waals surface area contributed by atoms with E-state index in [2.05, 4.69) is 19.4 Å². The summed E-state index contributed by atoms with van der Waals surface area (Å²) in [6.07, 6.45) is 0. The minimum atomic E-state index is -0.609. The largest absolute Gasteiger partial charge is 0.466 e. The Balaban J connectivity index is 3.01. The molecular formula is C3H4N2O3. The number of aromatic nitrogens is 2. The van der Waals surface area contributed by atoms with Crippen LogP contribution in [0.25, 0.3) is 0 Å². The Morgan fingerprint density at radius 1 is 1.88 bits per heavy atom. The zero-order valence-electron chi connectivity index (χ0n) is 4.17. The van der Waals surface area contributed by atoms with E-state index in [0.717, 1.165) is 0 Å². The summed E-state index contributed by atoms with van der Waals surface area (Å²) in [6.45, 7) is 0. The van der Waals surface area contributed by atoms with E-state index < -0.39 is 5.76 Å². The van der Waals surface area contributed by atoms with Gasteiger partial charge in [-0.2, -0.15) is 0 Å². The van der Waals surface area contributed by atoms with Crippen molar-refractivity contribution in [2.24, 2.45) is 0 Å². The van der Waals surface area contributed by atoms with Crippen LogP contribution < -0.4 is 10.5 Å². The van der Waals surface area contributed by atoms with Crippen molar-refractivity contribution in [1.29, 1.82) is 0 Å². The van der Waals surface area contributed by atoms with E-state index in [9.17, 15) is 4.79 Å². The van der Waals surface area contributed by atoms with Gasteiger partial charge in [0.15, 0.2) is 0 Å². The SMILES string of the molecule is COc1noc(=O)[nH]1. The molecule has 8 heavy (non-hydrogen) atoms. The molecule has 0 amide bonds. The first-order chi connectivity index (χ1) is 3.83. The average Bonchev–Trinajstić information content (AvgIpc) is 2.14. The summed E-state index contributed by atoms with van der Waals surface area (Å²) >= 11 is 0. The van der Waals surface area contributed by atoms with Crippen molar-refractivity contribution >= 4 is 0 Å². The molecule has 0 aliphatic heterocycles. The molecule has 1 heterocycles. The van der Waals surface area contributed by atoms with Crippen LogP contribution in [0.15, 0.2) is 9.32 Å². The maximum Gasteiger partial charge on any atom is 0.441 e. The molecule has 1 aromatic heterocycles. The molecule has 1 rings (SSSR count). The molecule has 44 valence electrons. The van der Waals surface area contributed by atoms with Gasteiger partial charge in [0.1, 0.15) is 0 Å². The molecule has 0 unspecified atom stereocenters. The highest BCUT2D eigenvalue weighted by atomic mass is 16.6. The van der Waals surface area contributed by atoms with Gasteiger partial charge in [0.25, 0.3) is 0 Å². The Morgan fingerprint density at radius 2 is 2.62 bits per heavy atom. The third kappa shape index (κ3) is 0.699. The number of rotatable bonds is 1. The molecule has 0 saturated heterocycles. The molecular weight excluding hydrogens is 112 g/mol. The number of ether oxygens (including phenoxy) is 1. The predicted molar refractivity (Wildman–Crippen MR) is 23.7 cm³/mol. The maximum atomic E-state index is 10.1. The Kier molecular flexibility index (Phi) is 1.03. The van der Waals surface area contributed by atoms with Crippen LogP contribution in [0.4, 0.5) is 0 Å². The zero-order valence-corrected chi connectivity index (χ0v) is 4.17. The fourth-order valence-corrected chi connectivity index (χ4v) is 0.304. The highest BCUT2D eigenvalue weighted by molar-refractivity contribution is 4.81. The number of hydrogen-bond acceptors (Lipinski definition) is 4. The molecule has 0 saturated carbocycles. The van der Waals surface area contributed by atoms with E-state index in [1.807, 2.05) is 0 Å². The topological polar surface area (TPSA) is 68.1 Å². The van der Waals surface area contributed by atoms with Gasteiger partial charge in [0.2, 0.25) is 0 Å². The van der Waals surface area contributed by atoms with Crippen molar-refractivity contribution in [3.8, 4) is 6.01 Å². The smallest absolute Gasteiger partial charge is 0.441 e. The summed E-state index contributed by atoms with van der Waals surface area (Å²) < 4.78 is 8.54. The predicted octanol–water partition coefficient (Wildman–Crippen LogP) is -0.629. The fraction of sp³-hybridized carbons (Fsp3) is 0.333. The average molecular weight is 116 g/mol. The van der Waals surface area contributed by atoms with Gasteiger partial charge in [-0.1, -0.05) is 0 Å². The van der Waals surface area contributed by atoms with Crippen LogP contribution in [0.1, 0.15) is 0 Å². The number of methoxy groups -OCH3 is 1. The van der Waals surface area contributed by atoms with Gasteiger partial charge in [-0.05, 0) is 5.16 Å². The number of hydrogen-bond donors (Lipinski definition) is 1. The molecule has 0 atom stereocenters. The van der Waals surface area contributed by atoms with Crippen molar-refractivity contribution in [3.63, 3.8) is 0 Å². The minimum Gasteiger partial charge on any atom is -0.466 e. The lowest BCUT2D eigenvalue weighted by atomic mass is 11.2. The number of aromatic amines is 1. The highest BCUT2D eigenvalue weighted by Crippen LogP contribution is 1.89. The third-order valence-electron chi connectivity index (χ3n) is 0.614. The molecule has 0 spiro atoms. The molecule has 0 fully saturated rings. The lowest BCUT2D eigenvalue weighted by Crippen LogP contribution is -1.95. The van der Waals surface area contributed by atoms with Gasteiger partial charge in [-0.25, -0.2) is 9.78 Å². The van der Waals surface area contributed by atoms with Gasteiger partial charge < -0.3 is 4.74 Å². The Morgan fingerprint density at radius 3 is 2.88 bits per heavy atom. The summed E-state index contributed by atoms with van der Waals surface area (Å²) in [6, 6.07) is 0.0926. The standard InChI is InChI=1S/C3H4N2O3/c1-7-2-4-3(6)8-5-2/h1H3,(H,4,5,6). The van der Waals surface area contributed by atoms with Gasteiger partial charge in [0.05, 0.1) is 7.11 Å². The van der Waals surface area contributed by atoms with Crippen molar-refractivity contribution in [2.45, 2.75) is 0 Å². The molecule has 5 nitrogen and oxygen atoms in total. The molecule has 0 aliphatic carbocycles. The van der Waals surface area contributed by atoms with Crippen molar-refractivity contribution in [3.05, 3.63) is 10.6 Å². The summed E-state index contributed by atoms with van der Waals surface area (Å²) in [7, 11) is 1.38. The summed E-state index contributed by atoms with van der Waals surface area (Å²) in [5.74, 6) is -0.609. The van der Waals surface area contributed by atoms with Crippen LogP contribution in [0.3, 0.4) is 0 Å². The quantitative estimate of drug-likeness (QED) is 0.530. The van der Waals surface area contributed by atoms with E-state index in [0.29, 0.717) is 0 Å². The monoisotopic (exact) mass is 116 g/mol. The second kappa shape index (κ2) is 1.69. The first kappa shape index (κ1) is 4.89. The number of nitrogens with zero attached hydrogens (tertiary/aromatic N) is 1. The maximum absolute atomic E-state index is 10.1. The fourth-order valence-electron chi connectivity index (χ4n) is 0.304. The van der Waals surface area contributed by atoms with Crippen LogP contribution >= 0.6 is 0 Å². The lowest BCUT2D eigenvalue weighted by molar-refractivity contribution is 0.328. The first-order valence-corrected chi connectivity index (χ1v) is 1.93. The van der Waals surface area contributed by atoms with E-state index >= 15 is 0 Å². The Labute approximate surface area is 44.3 Å². The van der Waals surface area contributed by atoms with Gasteiger partial charge >= 0.3 is 11.8 Å². The molecule has 5 heteroatoms. The second-order valence-electron chi connectivity index (χ2n) is 1.10. The molecule has 1 N–H and O–H groups in total. The summed E-state index contributed by atoms with van der Waals surface area (Å²) in [5.41, 5.74) is 0. The van der Waals surface area contributed by atoms with Gasteiger partial charge in [-0.15, -0.1) is 0 Å². The van der Waals surface area contributed by atoms with Crippen LogP contribution in [0.5, 0.6) is 6.01 Å². The Hall–Kier alpha value is -1.26. The van der Waals surface area contributed by atoms with E-state index in [1.54, 1.807) is 0 Å². The third-order valence-corrected chi connectivity index (χ3v) is 0.614. The van der Waals surface area contributed by atoms with Crippen LogP contribution in [0.2, 0.25) is 0 Å². The van der Waals surface area contributed by atoms with E-state index in [1.165, 1.54) is 7.11 Å². The minimum absolute atomic E-state index is 0.0926. The molecule has 1 aromatic rings. The second-order valence-corrected chi connectivity index (χ2v) is 1.10. The molecule has 0 radical (unpaired) electrons. The first-order valence-electron chi connectivity index (χ1n) is 1.93. The molecule has 0 bridgehead atoms. The summed E-state index contributed by atoms with van der Waals surface area (Å²) in [5, 5.41) is 3.17. The molecule has 0 aliphatic rings. The van der Waals surface area contributed by atoms with Gasteiger partial charge in [-0.3, -0.25) is 4.52 Å². The zero-order chi connectivity index (χ0) is 5.98. The van der Waals surface area contributed by atoms with Crippen molar-refractivity contribution in [1.82, 2.24) is 10.1 Å². The lowest BCUT2D eigenvalue weighted by Gasteiger charge is -1.82. The Bertz CT molecular complexity index is 212. The van der Waals surface area contributed by atoms with Crippen LogP contribution in [0, 0.1) is 0 Å².